The number of sulfonamides is 1. The number of likely N-dealkylation sites (N-methyl/N-ethyl adjacent to an activating group) is 1. The predicted octanol–water partition coefficient (Wildman–Crippen LogP) is 2.54. The third-order valence-corrected chi connectivity index (χ3v) is 6.44. The van der Waals surface area contributed by atoms with E-state index in [0.29, 0.717) is 34.9 Å². The topological polar surface area (TPSA) is 120 Å². The Bertz CT molecular complexity index is 1380. The van der Waals surface area contributed by atoms with Crippen LogP contribution >= 0.6 is 11.6 Å². The first-order valence-electron chi connectivity index (χ1n) is 10.5. The van der Waals surface area contributed by atoms with Gasteiger partial charge in [0, 0.05) is 47.8 Å². The lowest BCUT2D eigenvalue weighted by Crippen LogP contribution is -2.43. The van der Waals surface area contributed by atoms with Gasteiger partial charge in [0.2, 0.25) is 21.8 Å². The van der Waals surface area contributed by atoms with Crippen LogP contribution in [0, 0.1) is 0 Å². The quantitative estimate of drug-likeness (QED) is 0.477. The van der Waals surface area contributed by atoms with E-state index in [4.69, 9.17) is 11.6 Å². The molecular formula is C23H24ClN5O4S. The zero-order chi connectivity index (χ0) is 24.5. The molecule has 0 spiro atoms. The number of rotatable bonds is 6. The molecular weight excluding hydrogens is 478 g/mol. The maximum Gasteiger partial charge on any atom is 0.233 e. The molecule has 0 unspecified atom stereocenters. The zero-order valence-corrected chi connectivity index (χ0v) is 20.2. The normalized spacial score (nSPS) is 16.0. The van der Waals surface area contributed by atoms with Gasteiger partial charge < -0.3 is 10.6 Å². The third-order valence-electron chi connectivity index (χ3n) is 5.60. The van der Waals surface area contributed by atoms with E-state index in [0.717, 1.165) is 22.8 Å². The van der Waals surface area contributed by atoms with Crippen LogP contribution in [-0.2, 0) is 26.2 Å². The largest absolute Gasteiger partial charge is 0.358 e. The first kappa shape index (κ1) is 23.9. The summed E-state index contributed by atoms with van der Waals surface area (Å²) in [5, 5.41) is 7.46. The summed E-state index contributed by atoms with van der Waals surface area (Å²) in [5.74, 6) is -0.985. The summed E-state index contributed by atoms with van der Waals surface area (Å²) in [4.78, 5) is 31.6. The SMILES string of the molecule is CNC(=O)CN1Cc2ccc(Cl)cc2[C@H](C(=O)Nc2cncc3ccc(NS(C)(=O)=O)cc23)C1. The van der Waals surface area contributed by atoms with Gasteiger partial charge in [-0.25, -0.2) is 8.42 Å². The average Bonchev–Trinajstić information content (AvgIpc) is 2.78. The van der Waals surface area contributed by atoms with Gasteiger partial charge in [0.1, 0.15) is 0 Å². The van der Waals surface area contributed by atoms with Crippen LogP contribution in [0.1, 0.15) is 17.0 Å². The average molecular weight is 502 g/mol. The second-order valence-corrected chi connectivity index (χ2v) is 10.4. The van der Waals surface area contributed by atoms with Gasteiger partial charge in [0.25, 0.3) is 0 Å². The van der Waals surface area contributed by atoms with Crippen LogP contribution < -0.4 is 15.4 Å². The Morgan fingerprint density at radius 1 is 1.18 bits per heavy atom. The summed E-state index contributed by atoms with van der Waals surface area (Å²) >= 11 is 6.22. The number of carbonyl (C=O) groups is 2. The zero-order valence-electron chi connectivity index (χ0n) is 18.6. The van der Waals surface area contributed by atoms with E-state index in [-0.39, 0.29) is 18.4 Å². The standard InChI is InChI=1S/C23H24ClN5O4S/c1-25-22(30)13-29-11-15-3-5-16(24)7-18(15)20(12-29)23(31)27-21-10-26-9-14-4-6-17(8-19(14)21)28-34(2,32)33/h3-10,20,28H,11-13H2,1-2H3,(H,25,30)(H,27,31)/t20-/m1/s1. The number of pyridine rings is 1. The fourth-order valence-electron chi connectivity index (χ4n) is 4.08. The van der Waals surface area contributed by atoms with Crippen molar-refractivity contribution < 1.29 is 18.0 Å². The van der Waals surface area contributed by atoms with Crippen molar-refractivity contribution in [2.24, 2.45) is 0 Å². The molecule has 1 aliphatic rings. The summed E-state index contributed by atoms with van der Waals surface area (Å²) in [6.45, 7) is 1.03. The minimum atomic E-state index is -3.46. The molecule has 0 saturated carbocycles. The summed E-state index contributed by atoms with van der Waals surface area (Å²) in [6, 6.07) is 10.4. The molecule has 0 aliphatic carbocycles. The molecule has 0 bridgehead atoms. The van der Waals surface area contributed by atoms with Gasteiger partial charge in [0.15, 0.2) is 0 Å². The molecule has 2 heterocycles. The van der Waals surface area contributed by atoms with Crippen LogP contribution in [0.3, 0.4) is 0 Å². The molecule has 4 rings (SSSR count). The van der Waals surface area contributed by atoms with Gasteiger partial charge in [-0.05, 0) is 35.4 Å². The first-order chi connectivity index (χ1) is 16.1. The van der Waals surface area contributed by atoms with E-state index in [9.17, 15) is 18.0 Å². The van der Waals surface area contributed by atoms with E-state index in [1.54, 1.807) is 43.6 Å². The van der Waals surface area contributed by atoms with Gasteiger partial charge in [-0.3, -0.25) is 24.2 Å². The van der Waals surface area contributed by atoms with Crippen LogP contribution in [0.2, 0.25) is 5.02 Å². The van der Waals surface area contributed by atoms with Crippen molar-refractivity contribution in [1.82, 2.24) is 15.2 Å². The number of aromatic nitrogens is 1. The van der Waals surface area contributed by atoms with Gasteiger partial charge in [-0.1, -0.05) is 23.7 Å². The van der Waals surface area contributed by atoms with E-state index in [2.05, 4.69) is 20.3 Å². The fourth-order valence-corrected chi connectivity index (χ4v) is 4.82. The maximum absolute atomic E-state index is 13.5. The molecule has 3 N–H and O–H groups in total. The van der Waals surface area contributed by atoms with Crippen molar-refractivity contribution in [2.75, 3.05) is 36.4 Å². The molecule has 9 nitrogen and oxygen atoms in total. The van der Waals surface area contributed by atoms with Crippen LogP contribution in [0.5, 0.6) is 0 Å². The van der Waals surface area contributed by atoms with Crippen molar-refractivity contribution >= 4 is 55.6 Å². The minimum Gasteiger partial charge on any atom is -0.358 e. The Morgan fingerprint density at radius 2 is 1.97 bits per heavy atom. The number of carbonyl (C=O) groups excluding carboxylic acids is 2. The highest BCUT2D eigenvalue weighted by Gasteiger charge is 2.31. The molecule has 178 valence electrons. The van der Waals surface area contributed by atoms with Crippen molar-refractivity contribution in [3.63, 3.8) is 0 Å². The van der Waals surface area contributed by atoms with Crippen molar-refractivity contribution in [1.29, 1.82) is 0 Å². The molecule has 0 radical (unpaired) electrons. The van der Waals surface area contributed by atoms with E-state index in [1.807, 2.05) is 11.0 Å². The maximum atomic E-state index is 13.5. The predicted molar refractivity (Wildman–Crippen MR) is 132 cm³/mol. The summed E-state index contributed by atoms with van der Waals surface area (Å²) in [5.41, 5.74) is 2.57. The van der Waals surface area contributed by atoms with Crippen molar-refractivity contribution in [3.8, 4) is 0 Å². The van der Waals surface area contributed by atoms with Gasteiger partial charge in [-0.2, -0.15) is 0 Å². The molecule has 0 saturated heterocycles. The highest BCUT2D eigenvalue weighted by molar-refractivity contribution is 7.92. The van der Waals surface area contributed by atoms with Crippen molar-refractivity contribution in [3.05, 3.63) is 64.9 Å². The fraction of sp³-hybridized carbons (Fsp3) is 0.261. The molecule has 0 fully saturated rings. The van der Waals surface area contributed by atoms with E-state index in [1.165, 1.54) is 6.20 Å². The number of nitrogens with one attached hydrogen (secondary N) is 3. The van der Waals surface area contributed by atoms with Crippen LogP contribution in [0.4, 0.5) is 11.4 Å². The minimum absolute atomic E-state index is 0.138. The number of benzene rings is 2. The molecule has 2 amide bonds. The Balaban J connectivity index is 1.66. The van der Waals surface area contributed by atoms with Gasteiger partial charge >= 0.3 is 0 Å². The van der Waals surface area contributed by atoms with Gasteiger partial charge in [0.05, 0.1) is 30.6 Å². The number of hydrogen-bond acceptors (Lipinski definition) is 6. The summed E-state index contributed by atoms with van der Waals surface area (Å²) < 4.78 is 25.7. The van der Waals surface area contributed by atoms with E-state index < -0.39 is 15.9 Å². The molecule has 34 heavy (non-hydrogen) atoms. The monoisotopic (exact) mass is 501 g/mol. The highest BCUT2D eigenvalue weighted by Crippen LogP contribution is 2.33. The third kappa shape index (κ3) is 5.46. The van der Waals surface area contributed by atoms with E-state index >= 15 is 0 Å². The summed E-state index contributed by atoms with van der Waals surface area (Å²) in [6.07, 6.45) is 4.23. The summed E-state index contributed by atoms with van der Waals surface area (Å²) in [7, 11) is -1.88. The number of anilines is 2. The molecule has 2 aromatic carbocycles. The second kappa shape index (κ2) is 9.57. The lowest BCUT2D eigenvalue weighted by atomic mass is 9.89. The Morgan fingerprint density at radius 3 is 2.71 bits per heavy atom. The van der Waals surface area contributed by atoms with Gasteiger partial charge in [-0.15, -0.1) is 0 Å². The molecule has 1 atom stereocenters. The molecule has 1 aromatic heterocycles. The smallest absolute Gasteiger partial charge is 0.233 e. The van der Waals surface area contributed by atoms with Crippen LogP contribution in [-0.4, -0.2) is 56.5 Å². The second-order valence-electron chi connectivity index (χ2n) is 8.22. The van der Waals surface area contributed by atoms with Crippen LogP contribution in [0.15, 0.2) is 48.8 Å². The number of halogens is 1. The lowest BCUT2D eigenvalue weighted by molar-refractivity contribution is -0.123. The Labute approximate surface area is 202 Å². The van der Waals surface area contributed by atoms with Crippen molar-refractivity contribution in [2.45, 2.75) is 12.5 Å². The number of nitrogens with zero attached hydrogens (tertiary/aromatic N) is 2. The Kier molecular flexibility index (Phi) is 6.74. The Hall–Kier alpha value is -3.21. The molecule has 3 aromatic rings. The number of fused-ring (bicyclic) bond motifs is 2. The first-order valence-corrected chi connectivity index (χ1v) is 12.8. The molecule has 1 aliphatic heterocycles. The highest BCUT2D eigenvalue weighted by atomic mass is 35.5. The van der Waals surface area contributed by atoms with Crippen LogP contribution in [0.25, 0.3) is 10.8 Å². The number of hydrogen-bond donors (Lipinski definition) is 3. The molecule has 11 heteroatoms. The number of amides is 2. The lowest BCUT2D eigenvalue weighted by Gasteiger charge is -2.33.